The fourth-order valence-corrected chi connectivity index (χ4v) is 1.06. The van der Waals surface area contributed by atoms with Crippen LogP contribution in [-0.4, -0.2) is 27.2 Å². The normalized spacial score (nSPS) is 12.4. The third-order valence-electron chi connectivity index (χ3n) is 2.04. The molecule has 2 aromatic rings. The van der Waals surface area contributed by atoms with E-state index in [4.69, 9.17) is 4.42 Å². The molecule has 2 aromatic heterocycles. The van der Waals surface area contributed by atoms with E-state index in [-0.39, 0.29) is 6.04 Å². The maximum absolute atomic E-state index is 5.38. The van der Waals surface area contributed by atoms with Crippen LogP contribution in [-0.2, 0) is 0 Å². The van der Waals surface area contributed by atoms with E-state index in [2.05, 4.69) is 30.8 Å². The molecule has 2 N–H and O–H groups in total. The molecule has 7 heteroatoms. The van der Waals surface area contributed by atoms with Crippen LogP contribution in [0.3, 0.4) is 0 Å². The van der Waals surface area contributed by atoms with Gasteiger partial charge in [-0.3, -0.25) is 10.3 Å². The smallest absolute Gasteiger partial charge is 0.321 e. The Morgan fingerprint density at radius 1 is 1.31 bits per heavy atom. The van der Waals surface area contributed by atoms with Gasteiger partial charge >= 0.3 is 6.01 Å². The lowest BCUT2D eigenvalue weighted by Crippen LogP contribution is -2.12. The van der Waals surface area contributed by atoms with Gasteiger partial charge in [-0.2, -0.15) is 0 Å². The molecule has 0 aliphatic heterocycles. The topological polar surface area (TPSA) is 88.8 Å². The second-order valence-corrected chi connectivity index (χ2v) is 3.17. The van der Waals surface area contributed by atoms with Crippen molar-refractivity contribution in [1.82, 2.24) is 25.5 Å². The number of hydrogen-bond donors (Lipinski definition) is 2. The van der Waals surface area contributed by atoms with Crippen molar-refractivity contribution in [2.24, 2.45) is 0 Å². The van der Waals surface area contributed by atoms with Gasteiger partial charge < -0.3 is 9.73 Å². The molecule has 0 spiro atoms. The van der Waals surface area contributed by atoms with Crippen molar-refractivity contribution < 1.29 is 4.42 Å². The Hall–Kier alpha value is -2.02. The van der Waals surface area contributed by atoms with Crippen molar-refractivity contribution in [3.8, 4) is 0 Å². The number of rotatable bonds is 4. The summed E-state index contributed by atoms with van der Waals surface area (Å²) in [6, 6.07) is 0.322. The lowest BCUT2D eigenvalue weighted by atomic mass is 10.3. The van der Waals surface area contributed by atoms with Crippen LogP contribution in [0, 0.1) is 0 Å². The lowest BCUT2D eigenvalue weighted by molar-refractivity contribution is 0.443. The fraction of sp³-hybridized carbons (Fsp3) is 0.333. The van der Waals surface area contributed by atoms with Crippen molar-refractivity contribution in [3.63, 3.8) is 0 Å². The van der Waals surface area contributed by atoms with Gasteiger partial charge in [0, 0.05) is 12.4 Å². The van der Waals surface area contributed by atoms with Gasteiger partial charge in [-0.05, 0) is 14.0 Å². The molecule has 0 saturated carbocycles. The molecule has 0 saturated heterocycles. The predicted molar refractivity (Wildman–Crippen MR) is 57.1 cm³/mol. The van der Waals surface area contributed by atoms with Crippen LogP contribution >= 0.6 is 0 Å². The highest BCUT2D eigenvalue weighted by Gasteiger charge is 2.11. The van der Waals surface area contributed by atoms with Crippen LogP contribution in [0.5, 0.6) is 0 Å². The zero-order chi connectivity index (χ0) is 11.4. The average Bonchev–Trinajstić information content (AvgIpc) is 2.78. The minimum absolute atomic E-state index is 0.0184. The molecule has 0 aromatic carbocycles. The molecule has 16 heavy (non-hydrogen) atoms. The summed E-state index contributed by atoms with van der Waals surface area (Å²) in [4.78, 5) is 7.94. The summed E-state index contributed by atoms with van der Waals surface area (Å²) in [7, 11) is 1.82. The first-order valence-corrected chi connectivity index (χ1v) is 4.83. The first kappa shape index (κ1) is 10.5. The Bertz CT molecular complexity index is 442. The Labute approximate surface area is 92.3 Å². The van der Waals surface area contributed by atoms with Crippen LogP contribution in [0.15, 0.2) is 23.0 Å². The van der Waals surface area contributed by atoms with Crippen molar-refractivity contribution in [3.05, 3.63) is 24.5 Å². The largest absolute Gasteiger partial charge is 0.406 e. The SMILES string of the molecule is CNC(C)c1nnc(Nc2cnccn2)o1. The lowest BCUT2D eigenvalue weighted by Gasteiger charge is -2.02. The van der Waals surface area contributed by atoms with Gasteiger partial charge in [-0.25, -0.2) is 4.98 Å². The summed E-state index contributed by atoms with van der Waals surface area (Å²) in [6.45, 7) is 1.93. The minimum atomic E-state index is 0.0184. The molecule has 2 heterocycles. The zero-order valence-corrected chi connectivity index (χ0v) is 9.01. The van der Waals surface area contributed by atoms with Gasteiger partial charge in [-0.15, -0.1) is 5.10 Å². The van der Waals surface area contributed by atoms with Gasteiger partial charge in [0.25, 0.3) is 0 Å². The summed E-state index contributed by atoms with van der Waals surface area (Å²) < 4.78 is 5.38. The van der Waals surface area contributed by atoms with Crippen molar-refractivity contribution in [2.75, 3.05) is 12.4 Å². The standard InChI is InChI=1S/C9H12N6O/c1-6(10-2)8-14-15-9(16-8)13-7-5-11-3-4-12-7/h3-6,10H,1-2H3,(H,12,13,15). The molecule has 0 aliphatic rings. The molecular weight excluding hydrogens is 208 g/mol. The Balaban J connectivity index is 2.09. The summed E-state index contributed by atoms with van der Waals surface area (Å²) >= 11 is 0. The molecule has 1 unspecified atom stereocenters. The van der Waals surface area contributed by atoms with Gasteiger partial charge in [0.15, 0.2) is 5.82 Å². The van der Waals surface area contributed by atoms with Crippen LogP contribution in [0.25, 0.3) is 0 Å². The molecule has 2 rings (SSSR count). The number of nitrogens with one attached hydrogen (secondary N) is 2. The monoisotopic (exact) mass is 220 g/mol. The third-order valence-corrected chi connectivity index (χ3v) is 2.04. The maximum atomic E-state index is 5.38. The third kappa shape index (κ3) is 2.31. The molecular formula is C9H12N6O. The molecule has 0 fully saturated rings. The predicted octanol–water partition coefficient (Wildman–Crippen LogP) is 0.884. The van der Waals surface area contributed by atoms with E-state index < -0.39 is 0 Å². The van der Waals surface area contributed by atoms with E-state index >= 15 is 0 Å². The van der Waals surface area contributed by atoms with Crippen molar-refractivity contribution in [2.45, 2.75) is 13.0 Å². The Morgan fingerprint density at radius 3 is 2.88 bits per heavy atom. The van der Waals surface area contributed by atoms with Crippen molar-refractivity contribution >= 4 is 11.8 Å². The summed E-state index contributed by atoms with van der Waals surface area (Å²) in [5.41, 5.74) is 0. The molecule has 0 radical (unpaired) electrons. The molecule has 1 atom stereocenters. The second kappa shape index (κ2) is 4.67. The van der Waals surface area contributed by atoms with Crippen LogP contribution in [0.2, 0.25) is 0 Å². The van der Waals surface area contributed by atoms with Crippen LogP contribution in [0.4, 0.5) is 11.8 Å². The number of aromatic nitrogens is 4. The molecule has 7 nitrogen and oxygen atoms in total. The van der Waals surface area contributed by atoms with E-state index in [1.54, 1.807) is 18.6 Å². The van der Waals surface area contributed by atoms with E-state index in [0.29, 0.717) is 17.7 Å². The van der Waals surface area contributed by atoms with Gasteiger partial charge in [-0.1, -0.05) is 5.10 Å². The number of anilines is 2. The highest BCUT2D eigenvalue weighted by molar-refractivity contribution is 5.42. The molecule has 0 bridgehead atoms. The van der Waals surface area contributed by atoms with E-state index in [1.807, 2.05) is 14.0 Å². The zero-order valence-electron chi connectivity index (χ0n) is 9.01. The maximum Gasteiger partial charge on any atom is 0.321 e. The van der Waals surface area contributed by atoms with E-state index in [0.717, 1.165) is 0 Å². The quantitative estimate of drug-likeness (QED) is 0.790. The molecule has 84 valence electrons. The van der Waals surface area contributed by atoms with E-state index in [9.17, 15) is 0 Å². The summed E-state index contributed by atoms with van der Waals surface area (Å²) in [6.07, 6.45) is 4.74. The summed E-state index contributed by atoms with van der Waals surface area (Å²) in [5.74, 6) is 1.09. The fourth-order valence-electron chi connectivity index (χ4n) is 1.06. The second-order valence-electron chi connectivity index (χ2n) is 3.17. The number of nitrogens with zero attached hydrogens (tertiary/aromatic N) is 4. The molecule has 0 amide bonds. The minimum Gasteiger partial charge on any atom is -0.406 e. The molecule has 0 aliphatic carbocycles. The van der Waals surface area contributed by atoms with Gasteiger partial charge in [0.2, 0.25) is 5.89 Å². The Morgan fingerprint density at radius 2 is 2.19 bits per heavy atom. The summed E-state index contributed by atoms with van der Waals surface area (Å²) in [5, 5.41) is 13.6. The van der Waals surface area contributed by atoms with Gasteiger partial charge in [0.1, 0.15) is 0 Å². The highest BCUT2D eigenvalue weighted by Crippen LogP contribution is 2.15. The Kier molecular flexibility index (Phi) is 3.06. The average molecular weight is 220 g/mol. The van der Waals surface area contributed by atoms with Crippen molar-refractivity contribution in [1.29, 1.82) is 0 Å². The highest BCUT2D eigenvalue weighted by atomic mass is 16.4. The number of hydrogen-bond acceptors (Lipinski definition) is 7. The first-order chi connectivity index (χ1) is 7.79. The van der Waals surface area contributed by atoms with Gasteiger partial charge in [0.05, 0.1) is 12.2 Å². The first-order valence-electron chi connectivity index (χ1n) is 4.83. The van der Waals surface area contributed by atoms with E-state index in [1.165, 1.54) is 0 Å². The van der Waals surface area contributed by atoms with Crippen LogP contribution < -0.4 is 10.6 Å². The van der Waals surface area contributed by atoms with Crippen LogP contribution in [0.1, 0.15) is 18.9 Å².